The first-order chi connectivity index (χ1) is 15.5. The van der Waals surface area contributed by atoms with Crippen LogP contribution < -0.4 is 39.6 Å². The van der Waals surface area contributed by atoms with Crippen LogP contribution in [0.25, 0.3) is 0 Å². The molecule has 32 heavy (non-hydrogen) atoms. The topological polar surface area (TPSA) is 80.3 Å². The Hall–Kier alpha value is -3.44. The number of methoxy groups -OCH3 is 5. The van der Waals surface area contributed by atoms with E-state index in [9.17, 15) is 4.79 Å². The second kappa shape index (κ2) is 9.79. The zero-order valence-electron chi connectivity index (χ0n) is 18.6. The molecular formula is C24H25O7P. The van der Waals surface area contributed by atoms with E-state index < -0.39 is 7.14 Å². The highest BCUT2D eigenvalue weighted by Crippen LogP contribution is 2.54. The number of aldehydes is 1. The molecule has 0 aliphatic heterocycles. The Morgan fingerprint density at radius 2 is 0.875 bits per heavy atom. The van der Waals surface area contributed by atoms with Gasteiger partial charge in [0.05, 0.1) is 40.9 Å². The van der Waals surface area contributed by atoms with E-state index in [-0.39, 0.29) is 27.2 Å². The van der Waals surface area contributed by atoms with E-state index in [0.29, 0.717) is 29.3 Å². The summed E-state index contributed by atoms with van der Waals surface area (Å²) in [6.45, 7) is 0. The summed E-state index contributed by atoms with van der Waals surface area (Å²) in [5.41, 5.74) is 0.202. The van der Waals surface area contributed by atoms with Gasteiger partial charge in [-0.15, -0.1) is 0 Å². The van der Waals surface area contributed by atoms with Gasteiger partial charge in [-0.2, -0.15) is 0 Å². The SMILES string of the molecule is COc1cccc(C=O)c1P(=O)(c1c(OC)cccc1OC)c1c(OC)cccc1OC. The van der Waals surface area contributed by atoms with Crippen molar-refractivity contribution in [3.05, 3.63) is 60.2 Å². The van der Waals surface area contributed by atoms with E-state index in [4.69, 9.17) is 23.7 Å². The number of rotatable bonds is 9. The molecule has 0 radical (unpaired) electrons. The smallest absolute Gasteiger partial charge is 0.190 e. The second-order valence-electron chi connectivity index (χ2n) is 6.65. The van der Waals surface area contributed by atoms with Gasteiger partial charge in [0.2, 0.25) is 0 Å². The molecule has 3 aromatic carbocycles. The third kappa shape index (κ3) is 3.69. The van der Waals surface area contributed by atoms with Crippen LogP contribution in [-0.4, -0.2) is 41.8 Å². The fraction of sp³-hybridized carbons (Fsp3) is 0.208. The lowest BCUT2D eigenvalue weighted by Crippen LogP contribution is -2.31. The molecule has 0 fully saturated rings. The lowest BCUT2D eigenvalue weighted by atomic mass is 10.2. The van der Waals surface area contributed by atoms with Gasteiger partial charge in [-0.1, -0.05) is 24.3 Å². The molecule has 0 aliphatic carbocycles. The Morgan fingerprint density at radius 3 is 1.19 bits per heavy atom. The highest BCUT2D eigenvalue weighted by Gasteiger charge is 2.44. The number of carbonyl (C=O) groups excluding carboxylic acids is 1. The molecule has 0 heterocycles. The van der Waals surface area contributed by atoms with Crippen LogP contribution in [0.1, 0.15) is 10.4 Å². The van der Waals surface area contributed by atoms with Crippen molar-refractivity contribution in [1.29, 1.82) is 0 Å². The normalized spacial score (nSPS) is 10.9. The summed E-state index contributed by atoms with van der Waals surface area (Å²) in [7, 11) is 3.41. The number of carbonyl (C=O) groups is 1. The van der Waals surface area contributed by atoms with Crippen LogP contribution in [0.15, 0.2) is 54.6 Å². The van der Waals surface area contributed by atoms with Crippen molar-refractivity contribution >= 4 is 29.3 Å². The minimum Gasteiger partial charge on any atom is -0.496 e. The fourth-order valence-electron chi connectivity index (χ4n) is 3.76. The fourth-order valence-corrected chi connectivity index (χ4v) is 7.30. The molecule has 0 aliphatic rings. The Kier molecular flexibility index (Phi) is 7.11. The standard InChI is InChI=1S/C24H25O7P/c1-27-17-10-6-9-16(15-25)22(17)32(26,23-18(28-2)11-7-12-19(23)29-3)24-20(30-4)13-8-14-21(24)31-5/h6-15H,1-5H3. The molecule has 7 nitrogen and oxygen atoms in total. The first-order valence-corrected chi connectivity index (χ1v) is 11.4. The minimum atomic E-state index is -3.96. The summed E-state index contributed by atoms with van der Waals surface area (Å²) in [5, 5.41) is 0.726. The molecule has 0 unspecified atom stereocenters. The van der Waals surface area contributed by atoms with Gasteiger partial charge >= 0.3 is 0 Å². The lowest BCUT2D eigenvalue weighted by molar-refractivity contribution is 0.112. The first kappa shape index (κ1) is 23.2. The van der Waals surface area contributed by atoms with Crippen LogP contribution in [0, 0.1) is 0 Å². The van der Waals surface area contributed by atoms with Gasteiger partial charge in [0.25, 0.3) is 0 Å². The van der Waals surface area contributed by atoms with Gasteiger partial charge in [-0.05, 0) is 30.3 Å². The summed E-state index contributed by atoms with van der Waals surface area (Å²) in [6.07, 6.45) is 0.647. The quantitative estimate of drug-likeness (QED) is 0.361. The predicted octanol–water partition coefficient (Wildman–Crippen LogP) is 3.18. The molecule has 0 spiro atoms. The van der Waals surface area contributed by atoms with E-state index in [1.165, 1.54) is 35.5 Å². The van der Waals surface area contributed by atoms with Crippen molar-refractivity contribution in [3.8, 4) is 28.7 Å². The van der Waals surface area contributed by atoms with Crippen LogP contribution in [0.4, 0.5) is 0 Å². The molecule has 0 aromatic heterocycles. The van der Waals surface area contributed by atoms with E-state index in [0.717, 1.165) is 0 Å². The van der Waals surface area contributed by atoms with Gasteiger partial charge in [0.15, 0.2) is 13.4 Å². The van der Waals surface area contributed by atoms with Crippen molar-refractivity contribution in [2.75, 3.05) is 35.5 Å². The number of benzene rings is 3. The number of hydrogen-bond acceptors (Lipinski definition) is 7. The summed E-state index contributed by atoms with van der Waals surface area (Å²) in [5.74, 6) is 1.57. The Balaban J connectivity index is 2.66. The first-order valence-electron chi connectivity index (χ1n) is 9.67. The zero-order chi connectivity index (χ0) is 23.3. The molecule has 0 atom stereocenters. The molecule has 0 amide bonds. The van der Waals surface area contributed by atoms with E-state index in [2.05, 4.69) is 0 Å². The number of ether oxygens (including phenoxy) is 5. The van der Waals surface area contributed by atoms with Crippen molar-refractivity contribution in [2.45, 2.75) is 0 Å². The second-order valence-corrected chi connectivity index (χ2v) is 9.21. The summed E-state index contributed by atoms with van der Waals surface area (Å²) in [4.78, 5) is 12.1. The maximum atomic E-state index is 15.5. The van der Waals surface area contributed by atoms with Crippen molar-refractivity contribution in [1.82, 2.24) is 0 Å². The molecule has 168 valence electrons. The van der Waals surface area contributed by atoms with Crippen molar-refractivity contribution in [3.63, 3.8) is 0 Å². The van der Waals surface area contributed by atoms with Gasteiger partial charge in [-0.3, -0.25) is 4.79 Å². The Labute approximate surface area is 187 Å². The van der Waals surface area contributed by atoms with Crippen molar-refractivity contribution < 1.29 is 33.0 Å². The molecular weight excluding hydrogens is 431 g/mol. The average molecular weight is 456 g/mol. The average Bonchev–Trinajstić information content (AvgIpc) is 2.86. The largest absolute Gasteiger partial charge is 0.496 e. The van der Waals surface area contributed by atoms with Crippen LogP contribution in [0.3, 0.4) is 0 Å². The van der Waals surface area contributed by atoms with Crippen LogP contribution in [0.2, 0.25) is 0 Å². The van der Waals surface area contributed by atoms with Gasteiger partial charge in [-0.25, -0.2) is 0 Å². The monoisotopic (exact) mass is 456 g/mol. The van der Waals surface area contributed by atoms with Crippen LogP contribution in [-0.2, 0) is 4.57 Å². The molecule has 8 heteroatoms. The molecule has 3 rings (SSSR count). The third-order valence-corrected chi connectivity index (χ3v) is 8.37. The molecule has 0 saturated heterocycles. The van der Waals surface area contributed by atoms with E-state index >= 15 is 4.57 Å². The van der Waals surface area contributed by atoms with E-state index in [1.807, 2.05) is 0 Å². The highest BCUT2D eigenvalue weighted by molar-refractivity contribution is 7.86. The summed E-state index contributed by atoms with van der Waals surface area (Å²) in [6, 6.07) is 15.1. The summed E-state index contributed by atoms with van der Waals surface area (Å²) >= 11 is 0. The van der Waals surface area contributed by atoms with Crippen LogP contribution >= 0.6 is 7.14 Å². The Bertz CT molecular complexity index is 1070. The molecule has 3 aromatic rings. The van der Waals surface area contributed by atoms with Gasteiger partial charge in [0, 0.05) is 5.56 Å². The third-order valence-electron chi connectivity index (χ3n) is 5.13. The van der Waals surface area contributed by atoms with Gasteiger partial charge in [0.1, 0.15) is 39.4 Å². The van der Waals surface area contributed by atoms with E-state index in [1.54, 1.807) is 54.6 Å². The maximum absolute atomic E-state index is 15.5. The van der Waals surface area contributed by atoms with Crippen molar-refractivity contribution in [2.24, 2.45) is 0 Å². The maximum Gasteiger partial charge on any atom is 0.190 e. The molecule has 0 N–H and O–H groups in total. The highest BCUT2D eigenvalue weighted by atomic mass is 31.2. The molecule has 0 saturated carbocycles. The zero-order valence-corrected chi connectivity index (χ0v) is 19.5. The summed E-state index contributed by atoms with van der Waals surface area (Å²) < 4.78 is 43.5. The van der Waals surface area contributed by atoms with Gasteiger partial charge < -0.3 is 28.2 Å². The van der Waals surface area contributed by atoms with Crippen LogP contribution in [0.5, 0.6) is 28.7 Å². The predicted molar refractivity (Wildman–Crippen MR) is 124 cm³/mol. The Morgan fingerprint density at radius 1 is 0.562 bits per heavy atom. The molecule has 0 bridgehead atoms. The minimum absolute atomic E-state index is 0.197. The lowest BCUT2D eigenvalue weighted by Gasteiger charge is -2.28. The number of hydrogen-bond donors (Lipinski definition) is 0.